The number of fused-ring (bicyclic) bond motifs is 1. The van der Waals surface area contributed by atoms with Crippen molar-refractivity contribution < 1.29 is 10.2 Å². The van der Waals surface area contributed by atoms with Crippen molar-refractivity contribution in [1.29, 1.82) is 0 Å². The second kappa shape index (κ2) is 4.08. The minimum Gasteiger partial charge on any atom is -0.508 e. The van der Waals surface area contributed by atoms with Crippen LogP contribution in [-0.2, 0) is 0 Å². The average Bonchev–Trinajstić information content (AvgIpc) is 2.40. The maximum atomic E-state index is 10.1. The predicted octanol–water partition coefficient (Wildman–Crippen LogP) is 3.92. The third-order valence-corrected chi connectivity index (χ3v) is 3.06. The normalized spacial score (nSPS) is 10.7. The van der Waals surface area contributed by atoms with Crippen molar-refractivity contribution in [3.8, 4) is 22.6 Å². The fourth-order valence-corrected chi connectivity index (χ4v) is 2.19. The van der Waals surface area contributed by atoms with E-state index in [1.54, 1.807) is 30.3 Å². The highest BCUT2D eigenvalue weighted by molar-refractivity contribution is 5.99. The number of hydrogen-bond donors (Lipinski definition) is 2. The second-order valence-electron chi connectivity index (χ2n) is 4.23. The van der Waals surface area contributed by atoms with Gasteiger partial charge < -0.3 is 10.2 Å². The van der Waals surface area contributed by atoms with E-state index in [9.17, 15) is 10.2 Å². The SMILES string of the molecule is Oc1ccc(-c2c(O)ccc3ccccc23)cc1. The van der Waals surface area contributed by atoms with E-state index in [1.165, 1.54) is 0 Å². The lowest BCUT2D eigenvalue weighted by atomic mass is 9.97. The van der Waals surface area contributed by atoms with E-state index in [0.717, 1.165) is 21.9 Å². The Morgan fingerprint density at radius 3 is 2.17 bits per heavy atom. The zero-order chi connectivity index (χ0) is 12.5. The molecule has 0 radical (unpaired) electrons. The van der Waals surface area contributed by atoms with E-state index in [1.807, 2.05) is 30.3 Å². The number of phenolic OH excluding ortho intramolecular Hbond substituents is 2. The fraction of sp³-hybridized carbons (Fsp3) is 0. The van der Waals surface area contributed by atoms with Crippen LogP contribution in [0.2, 0.25) is 0 Å². The predicted molar refractivity (Wildman–Crippen MR) is 72.7 cm³/mol. The van der Waals surface area contributed by atoms with Crippen LogP contribution in [-0.4, -0.2) is 10.2 Å². The van der Waals surface area contributed by atoms with Gasteiger partial charge in [-0.2, -0.15) is 0 Å². The van der Waals surface area contributed by atoms with Crippen LogP contribution in [0.25, 0.3) is 21.9 Å². The zero-order valence-electron chi connectivity index (χ0n) is 9.67. The molecule has 0 amide bonds. The number of rotatable bonds is 1. The van der Waals surface area contributed by atoms with E-state index in [0.29, 0.717) is 0 Å². The summed E-state index contributed by atoms with van der Waals surface area (Å²) in [5.41, 5.74) is 1.69. The summed E-state index contributed by atoms with van der Waals surface area (Å²) in [6.07, 6.45) is 0. The molecule has 2 N–H and O–H groups in total. The average molecular weight is 236 g/mol. The van der Waals surface area contributed by atoms with Crippen molar-refractivity contribution in [3.63, 3.8) is 0 Å². The highest BCUT2D eigenvalue weighted by atomic mass is 16.3. The van der Waals surface area contributed by atoms with Gasteiger partial charge in [-0.1, -0.05) is 42.5 Å². The van der Waals surface area contributed by atoms with E-state index >= 15 is 0 Å². The second-order valence-corrected chi connectivity index (χ2v) is 4.23. The van der Waals surface area contributed by atoms with E-state index in [2.05, 4.69) is 0 Å². The Hall–Kier alpha value is -2.48. The first-order chi connectivity index (χ1) is 8.75. The Morgan fingerprint density at radius 2 is 1.39 bits per heavy atom. The summed E-state index contributed by atoms with van der Waals surface area (Å²) in [6, 6.07) is 18.4. The van der Waals surface area contributed by atoms with Gasteiger partial charge in [0, 0.05) is 5.56 Å². The number of phenols is 2. The van der Waals surface area contributed by atoms with Gasteiger partial charge in [0.2, 0.25) is 0 Å². The Bertz CT molecular complexity index is 700. The highest BCUT2D eigenvalue weighted by Crippen LogP contribution is 2.36. The molecule has 3 rings (SSSR count). The van der Waals surface area contributed by atoms with Crippen LogP contribution in [0.5, 0.6) is 11.5 Å². The number of hydrogen-bond acceptors (Lipinski definition) is 2. The topological polar surface area (TPSA) is 40.5 Å². The minimum atomic E-state index is 0.221. The fourth-order valence-electron chi connectivity index (χ4n) is 2.19. The maximum absolute atomic E-state index is 10.1. The Labute approximate surface area is 105 Å². The van der Waals surface area contributed by atoms with Crippen molar-refractivity contribution in [2.75, 3.05) is 0 Å². The quantitative estimate of drug-likeness (QED) is 0.672. The molecule has 0 heterocycles. The molecule has 0 spiro atoms. The largest absolute Gasteiger partial charge is 0.508 e. The molecular formula is C16H12O2. The lowest BCUT2D eigenvalue weighted by molar-refractivity contribution is 0.474. The van der Waals surface area contributed by atoms with Gasteiger partial charge in [-0.3, -0.25) is 0 Å². The van der Waals surface area contributed by atoms with Gasteiger partial charge in [0.15, 0.2) is 0 Å². The van der Waals surface area contributed by atoms with Crippen molar-refractivity contribution in [3.05, 3.63) is 60.7 Å². The zero-order valence-corrected chi connectivity index (χ0v) is 9.67. The van der Waals surface area contributed by atoms with Gasteiger partial charge in [0.25, 0.3) is 0 Å². The molecule has 2 heteroatoms. The molecule has 0 saturated carbocycles. The lowest BCUT2D eigenvalue weighted by Crippen LogP contribution is -1.82. The molecule has 3 aromatic carbocycles. The van der Waals surface area contributed by atoms with Crippen LogP contribution in [0.4, 0.5) is 0 Å². The third-order valence-electron chi connectivity index (χ3n) is 3.06. The van der Waals surface area contributed by atoms with Crippen molar-refractivity contribution in [2.45, 2.75) is 0 Å². The molecule has 0 fully saturated rings. The molecule has 0 unspecified atom stereocenters. The Balaban J connectivity index is 2.33. The first-order valence-corrected chi connectivity index (χ1v) is 5.76. The molecular weight excluding hydrogens is 224 g/mol. The van der Waals surface area contributed by atoms with Crippen molar-refractivity contribution >= 4 is 10.8 Å². The molecule has 88 valence electrons. The van der Waals surface area contributed by atoms with Crippen LogP contribution in [0.15, 0.2) is 60.7 Å². The maximum Gasteiger partial charge on any atom is 0.124 e. The summed E-state index contributed by atoms with van der Waals surface area (Å²) in [4.78, 5) is 0. The summed E-state index contributed by atoms with van der Waals surface area (Å²) in [5, 5.41) is 21.5. The molecule has 0 aliphatic carbocycles. The van der Waals surface area contributed by atoms with Crippen LogP contribution < -0.4 is 0 Å². The number of benzene rings is 3. The molecule has 0 bridgehead atoms. The Morgan fingerprint density at radius 1 is 0.667 bits per heavy atom. The summed E-state index contributed by atoms with van der Waals surface area (Å²) in [5.74, 6) is 0.470. The van der Waals surface area contributed by atoms with Gasteiger partial charge in [-0.15, -0.1) is 0 Å². The van der Waals surface area contributed by atoms with Gasteiger partial charge in [-0.05, 0) is 34.5 Å². The minimum absolute atomic E-state index is 0.221. The molecule has 0 aliphatic rings. The van der Waals surface area contributed by atoms with Crippen LogP contribution in [0.3, 0.4) is 0 Å². The standard InChI is InChI=1S/C16H12O2/c17-13-8-5-12(6-9-13)16-14-4-2-1-3-11(14)7-10-15(16)18/h1-10,17-18H. The first-order valence-electron chi connectivity index (χ1n) is 5.76. The smallest absolute Gasteiger partial charge is 0.124 e. The number of aromatic hydroxyl groups is 2. The molecule has 0 aromatic heterocycles. The van der Waals surface area contributed by atoms with Gasteiger partial charge >= 0.3 is 0 Å². The van der Waals surface area contributed by atoms with Crippen molar-refractivity contribution in [1.82, 2.24) is 0 Å². The van der Waals surface area contributed by atoms with Crippen LogP contribution in [0, 0.1) is 0 Å². The van der Waals surface area contributed by atoms with E-state index in [4.69, 9.17) is 0 Å². The molecule has 0 aliphatic heterocycles. The van der Waals surface area contributed by atoms with Crippen LogP contribution >= 0.6 is 0 Å². The van der Waals surface area contributed by atoms with E-state index < -0.39 is 0 Å². The molecule has 18 heavy (non-hydrogen) atoms. The summed E-state index contributed by atoms with van der Waals surface area (Å²) in [7, 11) is 0. The summed E-state index contributed by atoms with van der Waals surface area (Å²) >= 11 is 0. The van der Waals surface area contributed by atoms with Crippen molar-refractivity contribution in [2.24, 2.45) is 0 Å². The van der Waals surface area contributed by atoms with E-state index in [-0.39, 0.29) is 11.5 Å². The molecule has 2 nitrogen and oxygen atoms in total. The monoisotopic (exact) mass is 236 g/mol. The van der Waals surface area contributed by atoms with Gasteiger partial charge in [-0.25, -0.2) is 0 Å². The van der Waals surface area contributed by atoms with Gasteiger partial charge in [0.1, 0.15) is 11.5 Å². The molecule has 0 saturated heterocycles. The molecule has 3 aromatic rings. The van der Waals surface area contributed by atoms with Crippen LogP contribution in [0.1, 0.15) is 0 Å². The highest BCUT2D eigenvalue weighted by Gasteiger charge is 2.08. The Kier molecular flexibility index (Phi) is 2.41. The molecule has 0 atom stereocenters. The summed E-state index contributed by atoms with van der Waals surface area (Å²) in [6.45, 7) is 0. The first kappa shape index (κ1) is 10.7. The lowest BCUT2D eigenvalue weighted by Gasteiger charge is -2.09. The summed E-state index contributed by atoms with van der Waals surface area (Å²) < 4.78 is 0. The third kappa shape index (κ3) is 1.68. The van der Waals surface area contributed by atoms with Gasteiger partial charge in [0.05, 0.1) is 0 Å².